The number of hydrogen-bond acceptors (Lipinski definition) is 3. The molecule has 5 nitrogen and oxygen atoms in total. The van der Waals surface area contributed by atoms with Crippen LogP contribution in [0.2, 0.25) is 0 Å². The molecule has 2 amide bonds. The predicted octanol–water partition coefficient (Wildman–Crippen LogP) is 2.39. The Morgan fingerprint density at radius 3 is 2.14 bits per heavy atom. The van der Waals surface area contributed by atoms with Crippen molar-refractivity contribution in [3.05, 3.63) is 24.3 Å². The summed E-state index contributed by atoms with van der Waals surface area (Å²) < 4.78 is 28.2. The first-order chi connectivity index (χ1) is 9.79. The molecular weight excluding hydrogens is 282 g/mol. The highest BCUT2D eigenvalue weighted by Crippen LogP contribution is 2.18. The van der Waals surface area contributed by atoms with Crippen molar-refractivity contribution < 1.29 is 23.1 Å². The molecule has 0 saturated carbocycles. The van der Waals surface area contributed by atoms with E-state index >= 15 is 0 Å². The molecule has 1 atom stereocenters. The van der Waals surface area contributed by atoms with Crippen molar-refractivity contribution in [2.75, 3.05) is 5.32 Å². The molecule has 1 aromatic rings. The monoisotopic (exact) mass is 300 g/mol. The maximum absolute atomic E-state index is 12.1. The molecule has 116 valence electrons. The molecule has 0 aliphatic carbocycles. The van der Waals surface area contributed by atoms with Crippen molar-refractivity contribution >= 4 is 17.5 Å². The standard InChI is InChI=1S/C14H18F2N2O3/c1-8(2)12(17-9(3)19)13(20)18-10-4-6-11(7-5-10)21-14(15)16/h4-8,12,14H,1-3H3,(H,17,19)(H,18,20). The Kier molecular flexibility index (Phi) is 6.08. The summed E-state index contributed by atoms with van der Waals surface area (Å²) in [7, 11) is 0. The summed E-state index contributed by atoms with van der Waals surface area (Å²) in [5, 5.41) is 5.17. The second-order valence-corrected chi connectivity index (χ2v) is 4.81. The maximum atomic E-state index is 12.1. The molecule has 2 N–H and O–H groups in total. The third-order valence-electron chi connectivity index (χ3n) is 2.65. The Labute approximate surface area is 121 Å². The molecule has 1 rings (SSSR count). The predicted molar refractivity (Wildman–Crippen MR) is 74.1 cm³/mol. The van der Waals surface area contributed by atoms with Crippen LogP contribution in [-0.4, -0.2) is 24.5 Å². The number of alkyl halides is 2. The Balaban J connectivity index is 2.70. The van der Waals surface area contributed by atoms with Gasteiger partial charge in [-0.25, -0.2) is 0 Å². The SMILES string of the molecule is CC(=O)NC(C(=O)Nc1ccc(OC(F)F)cc1)C(C)C. The number of ether oxygens (including phenoxy) is 1. The van der Waals surface area contributed by atoms with E-state index in [1.807, 2.05) is 0 Å². The van der Waals surface area contributed by atoms with Crippen molar-refractivity contribution in [3.63, 3.8) is 0 Å². The number of hydrogen-bond donors (Lipinski definition) is 2. The van der Waals surface area contributed by atoms with Gasteiger partial charge >= 0.3 is 6.61 Å². The van der Waals surface area contributed by atoms with Gasteiger partial charge in [0, 0.05) is 12.6 Å². The molecule has 0 fully saturated rings. The lowest BCUT2D eigenvalue weighted by atomic mass is 10.0. The van der Waals surface area contributed by atoms with Gasteiger partial charge < -0.3 is 15.4 Å². The van der Waals surface area contributed by atoms with Gasteiger partial charge in [-0.2, -0.15) is 8.78 Å². The molecule has 0 bridgehead atoms. The van der Waals surface area contributed by atoms with Crippen LogP contribution >= 0.6 is 0 Å². The van der Waals surface area contributed by atoms with Crippen LogP contribution in [0, 0.1) is 5.92 Å². The molecule has 1 aromatic carbocycles. The normalized spacial score (nSPS) is 12.1. The Bertz CT molecular complexity index is 489. The van der Waals surface area contributed by atoms with E-state index in [4.69, 9.17) is 0 Å². The molecule has 0 aliphatic rings. The van der Waals surface area contributed by atoms with Gasteiger partial charge in [-0.3, -0.25) is 9.59 Å². The molecule has 21 heavy (non-hydrogen) atoms. The summed E-state index contributed by atoms with van der Waals surface area (Å²) in [6, 6.07) is 4.87. The summed E-state index contributed by atoms with van der Waals surface area (Å²) in [6.45, 7) is 2.05. The zero-order chi connectivity index (χ0) is 16.0. The Morgan fingerprint density at radius 2 is 1.71 bits per heavy atom. The van der Waals surface area contributed by atoms with Crippen molar-refractivity contribution in [1.29, 1.82) is 0 Å². The lowest BCUT2D eigenvalue weighted by molar-refractivity contribution is -0.126. The summed E-state index contributed by atoms with van der Waals surface area (Å²) in [6.07, 6.45) is 0. The van der Waals surface area contributed by atoms with E-state index in [0.29, 0.717) is 5.69 Å². The van der Waals surface area contributed by atoms with Crippen LogP contribution in [0.5, 0.6) is 5.75 Å². The zero-order valence-electron chi connectivity index (χ0n) is 12.0. The van der Waals surface area contributed by atoms with Crippen LogP contribution in [-0.2, 0) is 9.59 Å². The molecule has 1 unspecified atom stereocenters. The fourth-order valence-electron chi connectivity index (χ4n) is 1.69. The van der Waals surface area contributed by atoms with E-state index in [1.165, 1.54) is 31.2 Å². The van der Waals surface area contributed by atoms with Crippen molar-refractivity contribution in [2.24, 2.45) is 5.92 Å². The van der Waals surface area contributed by atoms with Crippen molar-refractivity contribution in [3.8, 4) is 5.75 Å². The topological polar surface area (TPSA) is 67.4 Å². The second kappa shape index (κ2) is 7.56. The summed E-state index contributed by atoms with van der Waals surface area (Å²) in [5.74, 6) is -0.757. The van der Waals surface area contributed by atoms with Gasteiger partial charge in [0.15, 0.2) is 0 Å². The number of halogens is 2. The Morgan fingerprint density at radius 1 is 1.14 bits per heavy atom. The highest BCUT2D eigenvalue weighted by atomic mass is 19.3. The number of nitrogens with one attached hydrogen (secondary N) is 2. The number of rotatable bonds is 6. The average molecular weight is 300 g/mol. The van der Waals surface area contributed by atoms with Crippen LogP contribution in [0.15, 0.2) is 24.3 Å². The van der Waals surface area contributed by atoms with Gasteiger partial charge in [0.1, 0.15) is 11.8 Å². The highest BCUT2D eigenvalue weighted by Gasteiger charge is 2.22. The van der Waals surface area contributed by atoms with E-state index in [0.717, 1.165) is 0 Å². The van der Waals surface area contributed by atoms with Crippen LogP contribution in [0.1, 0.15) is 20.8 Å². The van der Waals surface area contributed by atoms with E-state index in [-0.39, 0.29) is 23.5 Å². The molecule has 0 aromatic heterocycles. The quantitative estimate of drug-likeness (QED) is 0.847. The number of anilines is 1. The first-order valence-corrected chi connectivity index (χ1v) is 6.42. The lowest BCUT2D eigenvalue weighted by Gasteiger charge is -2.21. The van der Waals surface area contributed by atoms with E-state index in [1.54, 1.807) is 13.8 Å². The minimum Gasteiger partial charge on any atom is -0.435 e. The van der Waals surface area contributed by atoms with Crippen molar-refractivity contribution in [1.82, 2.24) is 5.32 Å². The number of carbonyl (C=O) groups excluding carboxylic acids is 2. The largest absolute Gasteiger partial charge is 0.435 e. The zero-order valence-corrected chi connectivity index (χ0v) is 12.0. The molecule has 0 radical (unpaired) electrons. The summed E-state index contributed by atoms with van der Waals surface area (Å²) in [5.41, 5.74) is 0.428. The average Bonchev–Trinajstić information content (AvgIpc) is 2.37. The minimum atomic E-state index is -2.89. The fourth-order valence-corrected chi connectivity index (χ4v) is 1.69. The first kappa shape index (κ1) is 16.9. The van der Waals surface area contributed by atoms with Crippen LogP contribution in [0.4, 0.5) is 14.5 Å². The Hall–Kier alpha value is -2.18. The third-order valence-corrected chi connectivity index (χ3v) is 2.65. The van der Waals surface area contributed by atoms with Crippen LogP contribution in [0.3, 0.4) is 0 Å². The van der Waals surface area contributed by atoms with E-state index in [2.05, 4.69) is 15.4 Å². The van der Waals surface area contributed by atoms with Gasteiger partial charge in [0.2, 0.25) is 11.8 Å². The molecule has 0 spiro atoms. The summed E-state index contributed by atoms with van der Waals surface area (Å²) in [4.78, 5) is 23.2. The third kappa shape index (κ3) is 5.76. The lowest BCUT2D eigenvalue weighted by Crippen LogP contribution is -2.46. The number of carbonyl (C=O) groups is 2. The minimum absolute atomic E-state index is 0.00488. The number of benzene rings is 1. The van der Waals surface area contributed by atoms with E-state index in [9.17, 15) is 18.4 Å². The second-order valence-electron chi connectivity index (χ2n) is 4.81. The summed E-state index contributed by atoms with van der Waals surface area (Å²) >= 11 is 0. The molecular formula is C14H18F2N2O3. The number of amides is 2. The molecule has 0 saturated heterocycles. The maximum Gasteiger partial charge on any atom is 0.387 e. The smallest absolute Gasteiger partial charge is 0.387 e. The van der Waals surface area contributed by atoms with E-state index < -0.39 is 12.7 Å². The van der Waals surface area contributed by atoms with Gasteiger partial charge in [0.05, 0.1) is 0 Å². The van der Waals surface area contributed by atoms with Gasteiger partial charge in [-0.1, -0.05) is 13.8 Å². The van der Waals surface area contributed by atoms with Gasteiger partial charge in [-0.15, -0.1) is 0 Å². The molecule has 7 heteroatoms. The highest BCUT2D eigenvalue weighted by molar-refractivity contribution is 5.97. The van der Waals surface area contributed by atoms with Crippen molar-refractivity contribution in [2.45, 2.75) is 33.4 Å². The van der Waals surface area contributed by atoms with Crippen LogP contribution < -0.4 is 15.4 Å². The van der Waals surface area contributed by atoms with Crippen LogP contribution in [0.25, 0.3) is 0 Å². The van der Waals surface area contributed by atoms with Gasteiger partial charge in [0.25, 0.3) is 0 Å². The van der Waals surface area contributed by atoms with Gasteiger partial charge in [-0.05, 0) is 30.2 Å². The first-order valence-electron chi connectivity index (χ1n) is 6.42. The molecule has 0 heterocycles. The molecule has 0 aliphatic heterocycles. The fraction of sp³-hybridized carbons (Fsp3) is 0.429.